The van der Waals surface area contributed by atoms with Crippen LogP contribution in [-0.4, -0.2) is 19.8 Å². The van der Waals surface area contributed by atoms with Crippen molar-refractivity contribution in [3.05, 3.63) is 10.8 Å². The van der Waals surface area contributed by atoms with Gasteiger partial charge in [0.1, 0.15) is 5.01 Å². The summed E-state index contributed by atoms with van der Waals surface area (Å²) in [6, 6.07) is 0. The molecule has 0 radical (unpaired) electrons. The van der Waals surface area contributed by atoms with Gasteiger partial charge in [-0.2, -0.15) is 9.61 Å². The third-order valence-corrected chi connectivity index (χ3v) is 4.95. The summed E-state index contributed by atoms with van der Waals surface area (Å²) in [5.41, 5.74) is 6.32. The van der Waals surface area contributed by atoms with Gasteiger partial charge in [-0.05, 0) is 18.8 Å². The van der Waals surface area contributed by atoms with Crippen molar-refractivity contribution < 1.29 is 0 Å². The topological polar surface area (TPSA) is 69.1 Å². The van der Waals surface area contributed by atoms with E-state index in [2.05, 4.69) is 29.1 Å². The third kappa shape index (κ3) is 1.83. The molecule has 2 atom stereocenters. The Hall–Kier alpha value is -1.01. The fourth-order valence-corrected chi connectivity index (χ4v) is 3.86. The molecule has 2 heterocycles. The van der Waals surface area contributed by atoms with Gasteiger partial charge >= 0.3 is 0 Å². The van der Waals surface area contributed by atoms with Gasteiger partial charge in [0.15, 0.2) is 5.82 Å². The highest BCUT2D eigenvalue weighted by Gasteiger charge is 2.36. The standard InChI is InChI=1S/C12H19N5S/c1-3-9-14-15-11-17(9)16-10(18-11)12(13)6-4-5-8(2)7-12/h8H,3-7,13H2,1-2H3. The summed E-state index contributed by atoms with van der Waals surface area (Å²) in [5, 5.41) is 14.0. The minimum Gasteiger partial charge on any atom is -0.319 e. The van der Waals surface area contributed by atoms with Crippen molar-refractivity contribution in [1.29, 1.82) is 0 Å². The minimum absolute atomic E-state index is 0.256. The largest absolute Gasteiger partial charge is 0.319 e. The monoisotopic (exact) mass is 265 g/mol. The molecule has 0 aliphatic heterocycles. The third-order valence-electron chi connectivity index (χ3n) is 3.83. The molecule has 0 aromatic carbocycles. The molecule has 3 rings (SSSR count). The summed E-state index contributed by atoms with van der Waals surface area (Å²) in [5.74, 6) is 1.60. The lowest BCUT2D eigenvalue weighted by atomic mass is 9.77. The smallest absolute Gasteiger partial charge is 0.234 e. The number of nitrogens with zero attached hydrogens (tertiary/aromatic N) is 4. The predicted molar refractivity (Wildman–Crippen MR) is 71.5 cm³/mol. The number of aryl methyl sites for hydroxylation is 1. The SMILES string of the molecule is CCc1nnc2sc(C3(N)CCCC(C)C3)nn12. The van der Waals surface area contributed by atoms with Gasteiger partial charge in [0, 0.05) is 6.42 Å². The van der Waals surface area contributed by atoms with Gasteiger partial charge < -0.3 is 5.73 Å². The zero-order valence-electron chi connectivity index (χ0n) is 10.9. The first-order valence-corrected chi connectivity index (χ1v) is 7.44. The van der Waals surface area contributed by atoms with Crippen molar-refractivity contribution >= 4 is 16.3 Å². The highest BCUT2D eigenvalue weighted by atomic mass is 32.1. The Kier molecular flexibility index (Phi) is 2.86. The van der Waals surface area contributed by atoms with E-state index in [4.69, 9.17) is 5.73 Å². The first-order valence-electron chi connectivity index (χ1n) is 6.63. The minimum atomic E-state index is -0.256. The molecule has 1 aliphatic rings. The van der Waals surface area contributed by atoms with E-state index < -0.39 is 0 Å². The number of rotatable bonds is 2. The molecule has 2 aromatic rings. The Morgan fingerprint density at radius 1 is 1.50 bits per heavy atom. The predicted octanol–water partition coefficient (Wildman–Crippen LogP) is 2.11. The molecule has 6 heteroatoms. The van der Waals surface area contributed by atoms with E-state index in [0.29, 0.717) is 5.92 Å². The van der Waals surface area contributed by atoms with Gasteiger partial charge in [0.25, 0.3) is 0 Å². The summed E-state index contributed by atoms with van der Waals surface area (Å²) in [6.45, 7) is 4.34. The van der Waals surface area contributed by atoms with Crippen LogP contribution in [0.15, 0.2) is 0 Å². The van der Waals surface area contributed by atoms with Crippen LogP contribution in [0.1, 0.15) is 50.4 Å². The molecule has 1 aliphatic carbocycles. The van der Waals surface area contributed by atoms with Crippen LogP contribution in [0, 0.1) is 5.92 Å². The van der Waals surface area contributed by atoms with Gasteiger partial charge in [-0.25, -0.2) is 0 Å². The normalized spacial score (nSPS) is 28.9. The Labute approximate surface area is 110 Å². The zero-order chi connectivity index (χ0) is 12.8. The van der Waals surface area contributed by atoms with Crippen LogP contribution in [0.2, 0.25) is 0 Å². The highest BCUT2D eigenvalue weighted by Crippen LogP contribution is 2.39. The Morgan fingerprint density at radius 2 is 2.33 bits per heavy atom. The van der Waals surface area contributed by atoms with Gasteiger partial charge in [-0.3, -0.25) is 0 Å². The fourth-order valence-electron chi connectivity index (χ4n) is 2.87. The lowest BCUT2D eigenvalue weighted by Gasteiger charge is -2.34. The molecule has 1 saturated carbocycles. The summed E-state index contributed by atoms with van der Waals surface area (Å²) in [4.78, 5) is 0.866. The Bertz CT molecular complexity index is 560. The van der Waals surface area contributed by atoms with Crippen LogP contribution >= 0.6 is 11.3 Å². The molecule has 0 spiro atoms. The highest BCUT2D eigenvalue weighted by molar-refractivity contribution is 7.16. The number of nitrogens with two attached hydrogens (primary N) is 1. The molecule has 5 nitrogen and oxygen atoms in total. The van der Waals surface area contributed by atoms with Gasteiger partial charge in [0.2, 0.25) is 4.96 Å². The van der Waals surface area contributed by atoms with Crippen molar-refractivity contribution in [2.24, 2.45) is 11.7 Å². The lowest BCUT2D eigenvalue weighted by molar-refractivity contribution is 0.237. The maximum absolute atomic E-state index is 6.57. The summed E-state index contributed by atoms with van der Waals surface area (Å²) in [6.07, 6.45) is 5.38. The molecule has 2 unspecified atom stereocenters. The van der Waals surface area contributed by atoms with Crippen molar-refractivity contribution in [3.8, 4) is 0 Å². The second kappa shape index (κ2) is 4.28. The number of hydrogen-bond donors (Lipinski definition) is 1. The van der Waals surface area contributed by atoms with Crippen LogP contribution in [0.3, 0.4) is 0 Å². The second-order valence-corrected chi connectivity index (χ2v) is 6.39. The molecule has 2 N–H and O–H groups in total. The van der Waals surface area contributed by atoms with Crippen molar-refractivity contribution in [1.82, 2.24) is 19.8 Å². The van der Waals surface area contributed by atoms with Gasteiger partial charge in [-0.15, -0.1) is 10.2 Å². The number of hydrogen-bond acceptors (Lipinski definition) is 5. The maximum atomic E-state index is 6.57. The quantitative estimate of drug-likeness (QED) is 0.903. The summed E-state index contributed by atoms with van der Waals surface area (Å²) >= 11 is 1.59. The Balaban J connectivity index is 2.00. The van der Waals surface area contributed by atoms with E-state index in [1.165, 1.54) is 12.8 Å². The molecular formula is C12H19N5S. The molecule has 0 bridgehead atoms. The Morgan fingerprint density at radius 3 is 3.06 bits per heavy atom. The molecule has 2 aromatic heterocycles. The summed E-state index contributed by atoms with van der Waals surface area (Å²) < 4.78 is 1.86. The molecule has 0 saturated heterocycles. The van der Waals surface area contributed by atoms with Crippen molar-refractivity contribution in [2.45, 2.75) is 51.5 Å². The van der Waals surface area contributed by atoms with Crippen molar-refractivity contribution in [3.63, 3.8) is 0 Å². The molecular weight excluding hydrogens is 246 g/mol. The lowest BCUT2D eigenvalue weighted by Crippen LogP contribution is -2.41. The van der Waals surface area contributed by atoms with Crippen molar-refractivity contribution in [2.75, 3.05) is 0 Å². The van der Waals surface area contributed by atoms with Gasteiger partial charge in [0.05, 0.1) is 5.54 Å². The van der Waals surface area contributed by atoms with Crippen LogP contribution in [0.25, 0.3) is 4.96 Å². The average molecular weight is 265 g/mol. The maximum Gasteiger partial charge on any atom is 0.234 e. The molecule has 18 heavy (non-hydrogen) atoms. The van der Waals surface area contributed by atoms with E-state index in [1.807, 2.05) is 4.52 Å². The second-order valence-electron chi connectivity index (χ2n) is 5.43. The fraction of sp³-hybridized carbons (Fsp3) is 0.750. The first-order chi connectivity index (χ1) is 8.62. The first kappa shape index (κ1) is 12.0. The van der Waals surface area contributed by atoms with E-state index in [9.17, 15) is 0 Å². The summed E-state index contributed by atoms with van der Waals surface area (Å²) in [7, 11) is 0. The van der Waals surface area contributed by atoms with E-state index >= 15 is 0 Å². The zero-order valence-corrected chi connectivity index (χ0v) is 11.7. The van der Waals surface area contributed by atoms with Gasteiger partial charge in [-0.1, -0.05) is 38.0 Å². The molecule has 0 amide bonds. The van der Waals surface area contributed by atoms with E-state index in [1.54, 1.807) is 11.3 Å². The van der Waals surface area contributed by atoms with E-state index in [-0.39, 0.29) is 5.54 Å². The van der Waals surface area contributed by atoms with Crippen LogP contribution in [0.4, 0.5) is 0 Å². The van der Waals surface area contributed by atoms with Crippen LogP contribution < -0.4 is 5.73 Å². The molecule has 98 valence electrons. The number of aromatic nitrogens is 4. The number of fused-ring (bicyclic) bond motifs is 1. The average Bonchev–Trinajstić information content (AvgIpc) is 2.87. The van der Waals surface area contributed by atoms with E-state index in [0.717, 1.165) is 35.1 Å². The van der Waals surface area contributed by atoms with Crippen LogP contribution in [-0.2, 0) is 12.0 Å². The molecule has 1 fully saturated rings. The van der Waals surface area contributed by atoms with Crippen LogP contribution in [0.5, 0.6) is 0 Å².